The van der Waals surface area contributed by atoms with Crippen molar-refractivity contribution in [3.05, 3.63) is 64.3 Å². The van der Waals surface area contributed by atoms with Crippen LogP contribution in [0.5, 0.6) is 5.75 Å². The maximum Gasteiger partial charge on any atom is 0.229 e. The van der Waals surface area contributed by atoms with Crippen molar-refractivity contribution in [2.24, 2.45) is 0 Å². The zero-order chi connectivity index (χ0) is 19.6. The van der Waals surface area contributed by atoms with Gasteiger partial charge in [-0.1, -0.05) is 11.6 Å². The van der Waals surface area contributed by atoms with Gasteiger partial charge in [0.15, 0.2) is 0 Å². The van der Waals surface area contributed by atoms with Crippen molar-refractivity contribution in [2.75, 3.05) is 17.7 Å². The van der Waals surface area contributed by atoms with Crippen LogP contribution in [0.25, 0.3) is 0 Å². The topological polar surface area (TPSA) is 59.1 Å². The number of anilines is 4. The van der Waals surface area contributed by atoms with Crippen molar-refractivity contribution in [1.82, 2.24) is 9.97 Å². The Bertz CT molecular complexity index is 998. The molecule has 0 unspecified atom stereocenters. The van der Waals surface area contributed by atoms with Crippen molar-refractivity contribution in [2.45, 2.75) is 13.8 Å². The van der Waals surface area contributed by atoms with Gasteiger partial charge in [0.2, 0.25) is 5.95 Å². The highest BCUT2D eigenvalue weighted by molar-refractivity contribution is 6.31. The maximum absolute atomic E-state index is 13.9. The first-order valence-electron chi connectivity index (χ1n) is 8.04. The van der Waals surface area contributed by atoms with Crippen LogP contribution in [0.1, 0.15) is 11.3 Å². The van der Waals surface area contributed by atoms with E-state index >= 15 is 0 Å². The average Bonchev–Trinajstić information content (AvgIpc) is 2.60. The molecule has 3 rings (SSSR count). The van der Waals surface area contributed by atoms with Gasteiger partial charge >= 0.3 is 0 Å². The molecule has 8 heteroatoms. The Balaban J connectivity index is 1.91. The van der Waals surface area contributed by atoms with Gasteiger partial charge in [-0.05, 0) is 37.6 Å². The third-order valence-electron chi connectivity index (χ3n) is 3.78. The number of aryl methyl sites for hydroxylation is 2. The molecule has 0 saturated heterocycles. The van der Waals surface area contributed by atoms with Crippen LogP contribution in [0, 0.1) is 25.5 Å². The van der Waals surface area contributed by atoms with E-state index in [2.05, 4.69) is 20.6 Å². The van der Waals surface area contributed by atoms with Gasteiger partial charge in [-0.2, -0.15) is 4.98 Å². The zero-order valence-electron chi connectivity index (χ0n) is 14.9. The van der Waals surface area contributed by atoms with Crippen LogP contribution in [0.2, 0.25) is 5.02 Å². The largest absolute Gasteiger partial charge is 0.495 e. The number of halogens is 3. The molecule has 0 amide bonds. The van der Waals surface area contributed by atoms with Crippen LogP contribution in [0.15, 0.2) is 36.4 Å². The molecular formula is C19H17ClF2N4O. The van der Waals surface area contributed by atoms with Crippen molar-refractivity contribution >= 4 is 34.7 Å². The Morgan fingerprint density at radius 1 is 0.963 bits per heavy atom. The highest BCUT2D eigenvalue weighted by Crippen LogP contribution is 2.32. The SMILES string of the molecule is COc1cc(Cl)c(C)cc1Nc1nc(C)cc(Nc2ccc(F)cc2F)n1. The Kier molecular flexibility index (Phi) is 5.41. The number of rotatable bonds is 5. The molecule has 5 nitrogen and oxygen atoms in total. The summed E-state index contributed by atoms with van der Waals surface area (Å²) in [6, 6.07) is 8.44. The van der Waals surface area contributed by atoms with Gasteiger partial charge < -0.3 is 15.4 Å². The minimum atomic E-state index is -0.712. The first-order valence-corrected chi connectivity index (χ1v) is 8.42. The molecule has 0 fully saturated rings. The molecule has 2 N–H and O–H groups in total. The molecule has 0 spiro atoms. The van der Waals surface area contributed by atoms with Crippen LogP contribution in [-0.4, -0.2) is 17.1 Å². The van der Waals surface area contributed by atoms with Gasteiger partial charge in [0.1, 0.15) is 23.2 Å². The average molecular weight is 391 g/mol. The van der Waals surface area contributed by atoms with E-state index in [-0.39, 0.29) is 5.69 Å². The summed E-state index contributed by atoms with van der Waals surface area (Å²) in [6.45, 7) is 3.65. The van der Waals surface area contributed by atoms with Gasteiger partial charge in [0.05, 0.1) is 18.5 Å². The molecule has 0 aliphatic carbocycles. The van der Waals surface area contributed by atoms with Crippen LogP contribution in [0.3, 0.4) is 0 Å². The summed E-state index contributed by atoms with van der Waals surface area (Å²) >= 11 is 6.12. The van der Waals surface area contributed by atoms with Gasteiger partial charge in [-0.3, -0.25) is 0 Å². The third kappa shape index (κ3) is 4.43. The molecule has 0 aliphatic heterocycles. The summed E-state index contributed by atoms with van der Waals surface area (Å²) in [5.74, 6) is -0.171. The van der Waals surface area contributed by atoms with Crippen LogP contribution < -0.4 is 15.4 Å². The summed E-state index contributed by atoms with van der Waals surface area (Å²) in [4.78, 5) is 8.66. The van der Waals surface area contributed by atoms with E-state index in [1.807, 2.05) is 13.0 Å². The first-order chi connectivity index (χ1) is 12.9. The molecule has 0 atom stereocenters. The van der Waals surface area contributed by atoms with Crippen LogP contribution >= 0.6 is 11.6 Å². The quantitative estimate of drug-likeness (QED) is 0.600. The summed E-state index contributed by atoms with van der Waals surface area (Å²) in [5.41, 5.74) is 2.27. The number of benzene rings is 2. The van der Waals surface area contributed by atoms with E-state index in [9.17, 15) is 8.78 Å². The fourth-order valence-corrected chi connectivity index (χ4v) is 2.62. The standard InChI is InChI=1S/C19H17ClF2N4O/c1-10-6-16(17(27-3)9-13(10)20)25-19-23-11(2)7-18(26-19)24-15-5-4-12(21)8-14(15)22/h4-9H,1-3H3,(H2,23,24,25,26). The summed E-state index contributed by atoms with van der Waals surface area (Å²) in [6.07, 6.45) is 0. The lowest BCUT2D eigenvalue weighted by Crippen LogP contribution is -2.04. The zero-order valence-corrected chi connectivity index (χ0v) is 15.7. The molecule has 1 heterocycles. The lowest BCUT2D eigenvalue weighted by Gasteiger charge is -2.14. The number of nitrogens with one attached hydrogen (secondary N) is 2. The summed E-state index contributed by atoms with van der Waals surface area (Å²) in [5, 5.41) is 6.49. The maximum atomic E-state index is 13.9. The van der Waals surface area contributed by atoms with E-state index in [4.69, 9.17) is 16.3 Å². The molecule has 140 valence electrons. The van der Waals surface area contributed by atoms with E-state index in [1.165, 1.54) is 19.2 Å². The monoisotopic (exact) mass is 390 g/mol. The van der Waals surface area contributed by atoms with Crippen molar-refractivity contribution in [3.63, 3.8) is 0 Å². The predicted octanol–water partition coefficient (Wildman–Crippen LogP) is 5.52. The Hall–Kier alpha value is -2.93. The normalized spacial score (nSPS) is 10.6. The molecule has 2 aromatic carbocycles. The van der Waals surface area contributed by atoms with Crippen LogP contribution in [0.4, 0.5) is 31.9 Å². The Morgan fingerprint density at radius 3 is 2.44 bits per heavy atom. The smallest absolute Gasteiger partial charge is 0.229 e. The van der Waals surface area contributed by atoms with Gasteiger partial charge in [-0.25, -0.2) is 13.8 Å². The van der Waals surface area contributed by atoms with Crippen LogP contribution in [-0.2, 0) is 0 Å². The lowest BCUT2D eigenvalue weighted by molar-refractivity contribution is 0.416. The number of hydrogen-bond acceptors (Lipinski definition) is 5. The molecule has 0 radical (unpaired) electrons. The van der Waals surface area contributed by atoms with E-state index in [0.717, 1.165) is 11.6 Å². The molecule has 0 saturated carbocycles. The molecule has 27 heavy (non-hydrogen) atoms. The second-order valence-electron chi connectivity index (χ2n) is 5.89. The van der Waals surface area contributed by atoms with Crippen molar-refractivity contribution in [3.8, 4) is 5.75 Å². The summed E-state index contributed by atoms with van der Waals surface area (Å²) in [7, 11) is 1.54. The molecule has 1 aromatic heterocycles. The Labute approximate surface area is 160 Å². The van der Waals surface area contributed by atoms with Gasteiger partial charge in [0.25, 0.3) is 0 Å². The molecule has 3 aromatic rings. The fourth-order valence-electron chi connectivity index (χ4n) is 2.47. The second kappa shape index (κ2) is 7.75. The molecule has 0 aliphatic rings. The lowest BCUT2D eigenvalue weighted by atomic mass is 10.2. The highest BCUT2D eigenvalue weighted by atomic mass is 35.5. The Morgan fingerprint density at radius 2 is 1.74 bits per heavy atom. The van der Waals surface area contributed by atoms with Gasteiger partial charge in [0, 0.05) is 28.9 Å². The van der Waals surface area contributed by atoms with Crippen molar-refractivity contribution < 1.29 is 13.5 Å². The van der Waals surface area contributed by atoms with E-state index in [1.54, 1.807) is 19.1 Å². The number of ether oxygens (including phenoxy) is 1. The number of aromatic nitrogens is 2. The molecule has 0 bridgehead atoms. The van der Waals surface area contributed by atoms with E-state index in [0.29, 0.717) is 33.9 Å². The van der Waals surface area contributed by atoms with Crippen molar-refractivity contribution in [1.29, 1.82) is 0 Å². The number of methoxy groups -OCH3 is 1. The number of hydrogen-bond donors (Lipinski definition) is 2. The van der Waals surface area contributed by atoms with E-state index < -0.39 is 11.6 Å². The third-order valence-corrected chi connectivity index (χ3v) is 4.18. The first kappa shape index (κ1) is 18.8. The minimum absolute atomic E-state index is 0.111. The second-order valence-corrected chi connectivity index (χ2v) is 6.30. The number of nitrogens with zero attached hydrogens (tertiary/aromatic N) is 2. The fraction of sp³-hybridized carbons (Fsp3) is 0.158. The molecular weight excluding hydrogens is 374 g/mol. The summed E-state index contributed by atoms with van der Waals surface area (Å²) < 4.78 is 32.3. The highest BCUT2D eigenvalue weighted by Gasteiger charge is 2.11. The minimum Gasteiger partial charge on any atom is -0.495 e. The predicted molar refractivity (Wildman–Crippen MR) is 102 cm³/mol. The van der Waals surface area contributed by atoms with Gasteiger partial charge in [-0.15, -0.1) is 0 Å².